The van der Waals surface area contributed by atoms with E-state index in [1.54, 1.807) is 12.1 Å². The number of amides is 1. The lowest BCUT2D eigenvalue weighted by Gasteiger charge is -2.07. The van der Waals surface area contributed by atoms with Crippen molar-refractivity contribution in [3.63, 3.8) is 0 Å². The zero-order valence-electron chi connectivity index (χ0n) is 10.3. The lowest BCUT2D eigenvalue weighted by atomic mass is 10.1. The number of carboxylic acid groups (broad SMARTS) is 1. The summed E-state index contributed by atoms with van der Waals surface area (Å²) < 4.78 is 14.1. The first kappa shape index (κ1) is 15.9. The molecule has 2 N–H and O–H groups in total. The summed E-state index contributed by atoms with van der Waals surface area (Å²) in [5.74, 6) is -1.78. The van der Waals surface area contributed by atoms with E-state index in [4.69, 9.17) is 5.11 Å². The maximum atomic E-state index is 13.5. The van der Waals surface area contributed by atoms with E-state index in [1.165, 1.54) is 6.07 Å². The number of carbonyl (C=O) groups is 2. The Morgan fingerprint density at radius 1 is 1.26 bits per heavy atom. The van der Waals surface area contributed by atoms with E-state index in [-0.39, 0.29) is 12.0 Å². The third-order valence-corrected chi connectivity index (χ3v) is 3.44. The summed E-state index contributed by atoms with van der Waals surface area (Å²) in [5, 5.41) is 11.1. The van der Waals surface area contributed by atoms with Crippen LogP contribution in [0.25, 0.3) is 0 Å². The van der Waals surface area contributed by atoms with Crippen LogP contribution in [0.2, 0.25) is 0 Å². The van der Waals surface area contributed by atoms with Gasteiger partial charge in [0.25, 0.3) is 5.91 Å². The summed E-state index contributed by atoms with van der Waals surface area (Å²) in [6.45, 7) is 0.420. The average Bonchev–Trinajstić information content (AvgIpc) is 2.33. The number of nitrogens with one attached hydrogen (secondary N) is 1. The summed E-state index contributed by atoms with van der Waals surface area (Å²) in [5.41, 5.74) is 0.0636. The molecule has 19 heavy (non-hydrogen) atoms. The summed E-state index contributed by atoms with van der Waals surface area (Å²) >= 11 is 1.92. The number of aliphatic carboxylic acids is 1. The van der Waals surface area contributed by atoms with E-state index in [1.807, 2.05) is 22.6 Å². The Labute approximate surface area is 124 Å². The van der Waals surface area contributed by atoms with Crippen LogP contribution in [0.5, 0.6) is 0 Å². The fraction of sp³-hybridized carbons (Fsp3) is 0.385. The molecule has 1 aromatic rings. The molecule has 0 aromatic heterocycles. The third kappa shape index (κ3) is 5.54. The minimum Gasteiger partial charge on any atom is -0.481 e. The van der Waals surface area contributed by atoms with Crippen LogP contribution in [0.1, 0.15) is 36.0 Å². The molecule has 0 aliphatic rings. The molecule has 1 aromatic carbocycles. The van der Waals surface area contributed by atoms with E-state index in [0.717, 1.165) is 6.42 Å². The number of carbonyl (C=O) groups excluding carboxylic acids is 1. The van der Waals surface area contributed by atoms with Crippen LogP contribution in [0.15, 0.2) is 18.2 Å². The smallest absolute Gasteiger partial charge is 0.303 e. The topological polar surface area (TPSA) is 66.4 Å². The molecule has 0 radical (unpaired) electrons. The van der Waals surface area contributed by atoms with Crippen molar-refractivity contribution in [1.29, 1.82) is 0 Å². The second kappa shape index (κ2) is 8.08. The molecule has 6 heteroatoms. The minimum absolute atomic E-state index is 0.0636. The second-order valence-corrected chi connectivity index (χ2v) is 5.22. The first-order chi connectivity index (χ1) is 9.02. The van der Waals surface area contributed by atoms with Gasteiger partial charge < -0.3 is 10.4 Å². The number of hydrogen-bond acceptors (Lipinski definition) is 2. The molecule has 4 nitrogen and oxygen atoms in total. The van der Waals surface area contributed by atoms with Gasteiger partial charge in [-0.2, -0.15) is 0 Å². The van der Waals surface area contributed by atoms with Crippen molar-refractivity contribution < 1.29 is 19.1 Å². The van der Waals surface area contributed by atoms with Gasteiger partial charge in [0.05, 0.1) is 5.56 Å². The van der Waals surface area contributed by atoms with Crippen LogP contribution in [0.3, 0.4) is 0 Å². The molecule has 1 amide bonds. The molecule has 0 heterocycles. The van der Waals surface area contributed by atoms with Crippen LogP contribution < -0.4 is 5.32 Å². The molecular weight excluding hydrogens is 364 g/mol. The zero-order valence-corrected chi connectivity index (χ0v) is 12.4. The quantitative estimate of drug-likeness (QED) is 0.566. The summed E-state index contributed by atoms with van der Waals surface area (Å²) in [4.78, 5) is 22.1. The number of carboxylic acids is 1. The molecular formula is C13H15FINO3. The van der Waals surface area contributed by atoms with E-state index in [0.29, 0.717) is 23.0 Å². The molecule has 0 saturated heterocycles. The number of halogens is 2. The molecule has 0 bridgehead atoms. The predicted octanol–water partition coefficient (Wildman–Crippen LogP) is 2.81. The van der Waals surface area contributed by atoms with Gasteiger partial charge in [-0.1, -0.05) is 12.5 Å². The van der Waals surface area contributed by atoms with Gasteiger partial charge in [0, 0.05) is 16.5 Å². The van der Waals surface area contributed by atoms with Crippen LogP contribution >= 0.6 is 22.6 Å². The Morgan fingerprint density at radius 3 is 2.63 bits per heavy atom. The first-order valence-corrected chi connectivity index (χ1v) is 7.04. The van der Waals surface area contributed by atoms with Gasteiger partial charge in [-0.25, -0.2) is 4.39 Å². The van der Waals surface area contributed by atoms with Gasteiger partial charge >= 0.3 is 5.97 Å². The number of unbranched alkanes of at least 4 members (excludes halogenated alkanes) is 2. The summed E-state index contributed by atoms with van der Waals surface area (Å²) in [6, 6.07) is 4.48. The highest BCUT2D eigenvalue weighted by Gasteiger charge is 2.14. The SMILES string of the molecule is O=C(O)CCCCCNC(=O)c1c(F)cccc1I. The lowest BCUT2D eigenvalue weighted by molar-refractivity contribution is -0.137. The third-order valence-electron chi connectivity index (χ3n) is 2.54. The average molecular weight is 379 g/mol. The highest BCUT2D eigenvalue weighted by Crippen LogP contribution is 2.15. The van der Waals surface area contributed by atoms with Crippen molar-refractivity contribution in [2.24, 2.45) is 0 Å². The van der Waals surface area contributed by atoms with Gasteiger partial charge in [-0.3, -0.25) is 9.59 Å². The van der Waals surface area contributed by atoms with Gasteiger partial charge in [-0.15, -0.1) is 0 Å². The van der Waals surface area contributed by atoms with Crippen molar-refractivity contribution in [3.05, 3.63) is 33.1 Å². The van der Waals surface area contributed by atoms with Crippen molar-refractivity contribution >= 4 is 34.5 Å². The second-order valence-electron chi connectivity index (χ2n) is 4.06. The fourth-order valence-corrected chi connectivity index (χ4v) is 2.29. The molecule has 0 atom stereocenters. The highest BCUT2D eigenvalue weighted by molar-refractivity contribution is 14.1. The van der Waals surface area contributed by atoms with E-state index in [9.17, 15) is 14.0 Å². The van der Waals surface area contributed by atoms with Crippen molar-refractivity contribution in [1.82, 2.24) is 5.32 Å². The van der Waals surface area contributed by atoms with Crippen LogP contribution in [-0.2, 0) is 4.79 Å². The monoisotopic (exact) mass is 379 g/mol. The Bertz CT molecular complexity index is 445. The molecule has 0 fully saturated rings. The maximum absolute atomic E-state index is 13.5. The normalized spacial score (nSPS) is 10.2. The van der Waals surface area contributed by atoms with Crippen LogP contribution in [0, 0.1) is 9.39 Å². The van der Waals surface area contributed by atoms with Crippen LogP contribution in [0.4, 0.5) is 4.39 Å². The summed E-state index contributed by atoms with van der Waals surface area (Å²) in [7, 11) is 0. The van der Waals surface area contributed by atoms with E-state index in [2.05, 4.69) is 5.32 Å². The predicted molar refractivity (Wildman–Crippen MR) is 77.6 cm³/mol. The van der Waals surface area contributed by atoms with Gasteiger partial charge in [0.15, 0.2) is 0 Å². The Morgan fingerprint density at radius 2 is 2.00 bits per heavy atom. The molecule has 0 unspecified atom stereocenters. The molecule has 0 spiro atoms. The standard InChI is InChI=1S/C13H15FINO3/c14-9-5-4-6-10(15)12(9)13(19)16-8-3-1-2-7-11(17)18/h4-6H,1-3,7-8H2,(H,16,19)(H,17,18). The van der Waals surface area contributed by atoms with E-state index >= 15 is 0 Å². The van der Waals surface area contributed by atoms with E-state index < -0.39 is 17.7 Å². The zero-order chi connectivity index (χ0) is 14.3. The molecule has 104 valence electrons. The van der Waals surface area contributed by atoms with Gasteiger partial charge in [0.1, 0.15) is 5.82 Å². The lowest BCUT2D eigenvalue weighted by Crippen LogP contribution is -2.26. The Hall–Kier alpha value is -1.18. The molecule has 0 aliphatic heterocycles. The number of hydrogen-bond donors (Lipinski definition) is 2. The molecule has 1 rings (SSSR count). The molecule has 0 saturated carbocycles. The van der Waals surface area contributed by atoms with Gasteiger partial charge in [-0.05, 0) is 47.6 Å². The highest BCUT2D eigenvalue weighted by atomic mass is 127. The Kier molecular flexibility index (Phi) is 6.75. The number of rotatable bonds is 7. The largest absolute Gasteiger partial charge is 0.481 e. The van der Waals surface area contributed by atoms with Crippen LogP contribution in [-0.4, -0.2) is 23.5 Å². The minimum atomic E-state index is -0.815. The van der Waals surface area contributed by atoms with Crippen molar-refractivity contribution in [2.45, 2.75) is 25.7 Å². The molecule has 0 aliphatic carbocycles. The van der Waals surface area contributed by atoms with Crippen molar-refractivity contribution in [2.75, 3.05) is 6.54 Å². The Balaban J connectivity index is 2.34. The number of benzene rings is 1. The summed E-state index contributed by atoms with van der Waals surface area (Å²) in [6.07, 6.45) is 2.13. The van der Waals surface area contributed by atoms with Crippen molar-refractivity contribution in [3.8, 4) is 0 Å². The first-order valence-electron chi connectivity index (χ1n) is 5.96. The maximum Gasteiger partial charge on any atom is 0.303 e. The van der Waals surface area contributed by atoms with Gasteiger partial charge in [0.2, 0.25) is 0 Å². The fourth-order valence-electron chi connectivity index (χ4n) is 1.58.